The van der Waals surface area contributed by atoms with Crippen molar-refractivity contribution in [1.29, 1.82) is 0 Å². The predicted molar refractivity (Wildman–Crippen MR) is 102 cm³/mol. The molecule has 1 N–H and O–H groups in total. The Morgan fingerprint density at radius 2 is 1.92 bits per heavy atom. The molecular weight excluding hydrogens is 316 g/mol. The van der Waals surface area contributed by atoms with Crippen LogP contribution in [-0.4, -0.2) is 53.7 Å². The van der Waals surface area contributed by atoms with E-state index >= 15 is 0 Å². The van der Waals surface area contributed by atoms with Crippen LogP contribution < -0.4 is 0 Å². The second-order valence-electron chi connectivity index (χ2n) is 7.44. The van der Waals surface area contributed by atoms with Crippen LogP contribution in [-0.2, 0) is 6.54 Å². The summed E-state index contributed by atoms with van der Waals surface area (Å²) in [5.41, 5.74) is 0. The predicted octanol–water partition coefficient (Wildman–Crippen LogP) is 3.57. The van der Waals surface area contributed by atoms with Crippen LogP contribution in [0.4, 0.5) is 0 Å². The number of hydrogen-bond acceptors (Lipinski definition) is 4. The third kappa shape index (κ3) is 3.67. The van der Waals surface area contributed by atoms with Crippen LogP contribution in [0.5, 0.6) is 0 Å². The Bertz CT molecular complexity index is 629. The number of thiophene rings is 1. The van der Waals surface area contributed by atoms with Gasteiger partial charge in [0.1, 0.15) is 0 Å². The molecule has 4 rings (SSSR count). The minimum absolute atomic E-state index is 0.372. The van der Waals surface area contributed by atoms with E-state index in [1.165, 1.54) is 66.8 Å². The number of nitrogens with zero attached hydrogens (tertiary/aromatic N) is 2. The van der Waals surface area contributed by atoms with Gasteiger partial charge in [0.05, 0.1) is 0 Å². The number of aliphatic hydroxyl groups is 1. The summed E-state index contributed by atoms with van der Waals surface area (Å²) in [6.45, 7) is 6.26. The Labute approximate surface area is 148 Å². The van der Waals surface area contributed by atoms with Crippen LogP contribution in [0.25, 0.3) is 10.1 Å². The van der Waals surface area contributed by atoms with E-state index in [1.54, 1.807) is 0 Å². The van der Waals surface area contributed by atoms with Crippen LogP contribution in [0.3, 0.4) is 0 Å². The van der Waals surface area contributed by atoms with Gasteiger partial charge in [0.2, 0.25) is 0 Å². The molecular formula is C20H28N2OS. The minimum Gasteiger partial charge on any atom is -0.396 e. The lowest BCUT2D eigenvalue weighted by atomic mass is 9.94. The van der Waals surface area contributed by atoms with Gasteiger partial charge in [-0.05, 0) is 68.8 Å². The van der Waals surface area contributed by atoms with Crippen molar-refractivity contribution in [2.45, 2.75) is 38.3 Å². The Morgan fingerprint density at radius 1 is 1.08 bits per heavy atom. The summed E-state index contributed by atoms with van der Waals surface area (Å²) in [5, 5.41) is 10.7. The maximum atomic E-state index is 9.33. The van der Waals surface area contributed by atoms with Gasteiger partial charge in [-0.15, -0.1) is 11.3 Å². The molecule has 0 amide bonds. The first-order chi connectivity index (χ1) is 11.8. The van der Waals surface area contributed by atoms with E-state index in [4.69, 9.17) is 0 Å². The molecule has 1 aromatic carbocycles. The van der Waals surface area contributed by atoms with E-state index in [2.05, 4.69) is 40.1 Å². The third-order valence-corrected chi connectivity index (χ3v) is 6.86. The largest absolute Gasteiger partial charge is 0.396 e. The molecule has 130 valence electrons. The van der Waals surface area contributed by atoms with Crippen LogP contribution in [0.2, 0.25) is 0 Å². The lowest BCUT2D eigenvalue weighted by molar-refractivity contribution is 0.0547. The van der Waals surface area contributed by atoms with Crippen LogP contribution in [0.1, 0.15) is 30.6 Å². The summed E-state index contributed by atoms with van der Waals surface area (Å²) in [6, 6.07) is 11.8. The summed E-state index contributed by atoms with van der Waals surface area (Å²) in [5.74, 6) is 0.541. The first kappa shape index (κ1) is 16.5. The van der Waals surface area contributed by atoms with Gasteiger partial charge in [0.15, 0.2) is 0 Å². The average Bonchev–Trinajstić information content (AvgIpc) is 3.04. The molecule has 0 spiro atoms. The maximum absolute atomic E-state index is 9.33. The second kappa shape index (κ2) is 7.52. The number of fused-ring (bicyclic) bond motifs is 1. The van der Waals surface area contributed by atoms with Crippen molar-refractivity contribution < 1.29 is 5.11 Å². The van der Waals surface area contributed by atoms with Crippen LogP contribution in [0, 0.1) is 5.92 Å². The number of rotatable bonds is 4. The number of piperidine rings is 2. The van der Waals surface area contributed by atoms with E-state index in [0.717, 1.165) is 6.54 Å². The van der Waals surface area contributed by atoms with E-state index in [-0.39, 0.29) is 0 Å². The Hall–Kier alpha value is -0.940. The highest BCUT2D eigenvalue weighted by Gasteiger charge is 2.28. The second-order valence-corrected chi connectivity index (χ2v) is 8.61. The van der Waals surface area contributed by atoms with Gasteiger partial charge in [-0.3, -0.25) is 9.80 Å². The molecule has 3 nitrogen and oxygen atoms in total. The lowest BCUT2D eigenvalue weighted by Crippen LogP contribution is -2.50. The normalized spacial score (nSPS) is 24.6. The molecule has 2 aliphatic rings. The molecule has 0 unspecified atom stereocenters. The smallest absolute Gasteiger partial charge is 0.0460 e. The highest BCUT2D eigenvalue weighted by atomic mass is 32.1. The molecule has 1 aromatic heterocycles. The van der Waals surface area contributed by atoms with Gasteiger partial charge >= 0.3 is 0 Å². The SMILES string of the molecule is OCC1CCN([C@H]2CCCN(Cc3cc4ccccc4s3)C2)CC1. The number of aliphatic hydroxyl groups excluding tert-OH is 1. The molecule has 2 aliphatic heterocycles. The van der Waals surface area contributed by atoms with Crippen molar-refractivity contribution in [3.05, 3.63) is 35.2 Å². The fraction of sp³-hybridized carbons (Fsp3) is 0.600. The first-order valence-electron chi connectivity index (χ1n) is 9.36. The van der Waals surface area contributed by atoms with Gasteiger partial charge in [0, 0.05) is 35.3 Å². The lowest BCUT2D eigenvalue weighted by Gasteiger charge is -2.42. The molecule has 0 bridgehead atoms. The molecule has 1 atom stereocenters. The topological polar surface area (TPSA) is 26.7 Å². The van der Waals surface area contributed by atoms with Crippen molar-refractivity contribution in [1.82, 2.24) is 9.80 Å². The highest BCUT2D eigenvalue weighted by molar-refractivity contribution is 7.19. The van der Waals surface area contributed by atoms with Gasteiger partial charge < -0.3 is 5.11 Å². The van der Waals surface area contributed by atoms with Crippen molar-refractivity contribution in [3.63, 3.8) is 0 Å². The minimum atomic E-state index is 0.372. The molecule has 3 heterocycles. The molecule has 0 radical (unpaired) electrons. The number of hydrogen-bond donors (Lipinski definition) is 1. The third-order valence-electron chi connectivity index (χ3n) is 5.76. The molecule has 0 saturated carbocycles. The van der Waals surface area contributed by atoms with Crippen molar-refractivity contribution in [3.8, 4) is 0 Å². The van der Waals surface area contributed by atoms with Crippen LogP contribution in [0.15, 0.2) is 30.3 Å². The number of benzene rings is 1. The molecule has 4 heteroatoms. The number of likely N-dealkylation sites (tertiary alicyclic amines) is 2. The summed E-state index contributed by atoms with van der Waals surface area (Å²) in [6.07, 6.45) is 4.99. The van der Waals surface area contributed by atoms with E-state index < -0.39 is 0 Å². The van der Waals surface area contributed by atoms with E-state index in [1.807, 2.05) is 11.3 Å². The molecule has 2 aromatic rings. The first-order valence-corrected chi connectivity index (χ1v) is 10.2. The highest BCUT2D eigenvalue weighted by Crippen LogP contribution is 2.28. The van der Waals surface area contributed by atoms with E-state index in [9.17, 15) is 5.11 Å². The Balaban J connectivity index is 1.36. The zero-order valence-corrected chi connectivity index (χ0v) is 15.2. The van der Waals surface area contributed by atoms with Crippen molar-refractivity contribution >= 4 is 21.4 Å². The molecule has 2 saturated heterocycles. The molecule has 0 aliphatic carbocycles. The zero-order valence-electron chi connectivity index (χ0n) is 14.4. The molecule has 24 heavy (non-hydrogen) atoms. The van der Waals surface area contributed by atoms with Gasteiger partial charge in [-0.25, -0.2) is 0 Å². The summed E-state index contributed by atoms with van der Waals surface area (Å²) in [7, 11) is 0. The van der Waals surface area contributed by atoms with Crippen molar-refractivity contribution in [2.24, 2.45) is 5.92 Å². The standard InChI is InChI=1S/C20H28N2OS/c23-15-16-7-10-22(11-8-16)18-5-3-9-21(13-18)14-19-12-17-4-1-2-6-20(17)24-19/h1-2,4,6,12,16,18,23H,3,5,7-11,13-15H2/t18-/m0/s1. The summed E-state index contributed by atoms with van der Waals surface area (Å²) < 4.78 is 1.41. The fourth-order valence-electron chi connectivity index (χ4n) is 4.31. The molecule has 2 fully saturated rings. The zero-order chi connectivity index (χ0) is 16.4. The van der Waals surface area contributed by atoms with E-state index in [0.29, 0.717) is 18.6 Å². The Morgan fingerprint density at radius 3 is 2.71 bits per heavy atom. The van der Waals surface area contributed by atoms with Gasteiger partial charge in [-0.1, -0.05) is 18.2 Å². The average molecular weight is 345 g/mol. The quantitative estimate of drug-likeness (QED) is 0.918. The summed E-state index contributed by atoms with van der Waals surface area (Å²) >= 11 is 1.95. The fourth-order valence-corrected chi connectivity index (χ4v) is 5.42. The van der Waals surface area contributed by atoms with Gasteiger partial charge in [-0.2, -0.15) is 0 Å². The Kier molecular flexibility index (Phi) is 5.18. The monoisotopic (exact) mass is 344 g/mol. The van der Waals surface area contributed by atoms with Crippen LogP contribution >= 0.6 is 11.3 Å². The summed E-state index contributed by atoms with van der Waals surface area (Å²) in [4.78, 5) is 6.83. The van der Waals surface area contributed by atoms with Crippen molar-refractivity contribution in [2.75, 3.05) is 32.8 Å². The van der Waals surface area contributed by atoms with Gasteiger partial charge in [0.25, 0.3) is 0 Å². The maximum Gasteiger partial charge on any atom is 0.0460 e.